The van der Waals surface area contributed by atoms with Crippen molar-refractivity contribution in [3.05, 3.63) is 92.4 Å². The molecule has 0 bridgehead atoms. The number of alkyl halides is 2. The summed E-state index contributed by atoms with van der Waals surface area (Å²) in [4.78, 5) is 59.2. The van der Waals surface area contributed by atoms with Gasteiger partial charge in [-0.2, -0.15) is 0 Å². The highest BCUT2D eigenvalue weighted by Crippen LogP contribution is 2.44. The van der Waals surface area contributed by atoms with Gasteiger partial charge in [-0.05, 0) is 72.4 Å². The average molecular weight is 818 g/mol. The van der Waals surface area contributed by atoms with E-state index in [9.17, 15) is 19.2 Å². The number of Topliss-reactive ketones (excluding diaryl/α,β-unsaturated/α-hetero) is 1. The topological polar surface area (TPSA) is 93.6 Å². The highest BCUT2D eigenvalue weighted by Gasteiger charge is 2.52. The highest BCUT2D eigenvalue weighted by molar-refractivity contribution is 9.12. The number of benzene rings is 3. The van der Waals surface area contributed by atoms with E-state index in [2.05, 4.69) is 47.8 Å². The van der Waals surface area contributed by atoms with Crippen molar-refractivity contribution in [3.8, 4) is 11.3 Å². The number of hydrogen-bond donors (Lipinski definition) is 0. The molecule has 1 aromatic heterocycles. The van der Waals surface area contributed by atoms with E-state index in [4.69, 9.17) is 21.3 Å². The van der Waals surface area contributed by atoms with Crippen LogP contribution in [0.1, 0.15) is 44.7 Å². The maximum atomic E-state index is 13.5. The zero-order valence-electron chi connectivity index (χ0n) is 24.2. The normalized spacial score (nSPS) is 21.2. The molecule has 2 fully saturated rings. The third-order valence-electron chi connectivity index (χ3n) is 8.48. The van der Waals surface area contributed by atoms with Gasteiger partial charge < -0.3 is 4.74 Å². The third kappa shape index (κ3) is 6.02. The lowest BCUT2D eigenvalue weighted by Crippen LogP contribution is -2.34. The van der Waals surface area contributed by atoms with Crippen molar-refractivity contribution in [3.63, 3.8) is 0 Å². The number of halogens is 4. The number of ketones is 1. The van der Waals surface area contributed by atoms with E-state index >= 15 is 0 Å². The van der Waals surface area contributed by atoms with Crippen LogP contribution in [0.25, 0.3) is 22.2 Å². The summed E-state index contributed by atoms with van der Waals surface area (Å²) in [6.45, 7) is 3.31. The summed E-state index contributed by atoms with van der Waals surface area (Å²) >= 11 is 17.3. The van der Waals surface area contributed by atoms with Gasteiger partial charge in [-0.25, -0.2) is 9.78 Å². The van der Waals surface area contributed by atoms with E-state index in [0.717, 1.165) is 5.56 Å². The molecule has 0 radical (unpaired) electrons. The molecule has 4 unspecified atom stereocenters. The highest BCUT2D eigenvalue weighted by atomic mass is 79.9. The number of carbonyl (C=O) groups is 4. The molecule has 1 saturated heterocycles. The summed E-state index contributed by atoms with van der Waals surface area (Å²) in [5, 5.41) is 0.975. The maximum Gasteiger partial charge on any atom is 0.339 e. The second kappa shape index (κ2) is 12.7. The van der Waals surface area contributed by atoms with Crippen LogP contribution in [-0.4, -0.2) is 44.8 Å². The molecule has 2 aliphatic rings. The second-order valence-corrected chi connectivity index (χ2v) is 15.0. The minimum absolute atomic E-state index is 0.121. The molecule has 1 saturated carbocycles. The summed E-state index contributed by atoms with van der Waals surface area (Å²) < 4.78 is 6.10. The summed E-state index contributed by atoms with van der Waals surface area (Å²) in [6, 6.07) is 17.3. The molecule has 6 rings (SSSR count). The Morgan fingerprint density at radius 1 is 0.933 bits per heavy atom. The van der Waals surface area contributed by atoms with Crippen molar-refractivity contribution >= 4 is 99.5 Å². The number of carbonyl (C=O) groups excluding carboxylic acids is 4. The van der Waals surface area contributed by atoms with Gasteiger partial charge in [0.05, 0.1) is 39.3 Å². The number of anilines is 1. The van der Waals surface area contributed by atoms with Crippen LogP contribution in [0.3, 0.4) is 0 Å². The first-order valence-electron chi connectivity index (χ1n) is 14.3. The molecule has 1 aliphatic heterocycles. The van der Waals surface area contributed by atoms with Crippen LogP contribution in [0, 0.1) is 25.7 Å². The number of esters is 1. The fraction of sp³-hybridized carbons (Fsp3) is 0.265. The molecular weight excluding hydrogens is 792 g/mol. The monoisotopic (exact) mass is 814 g/mol. The molecule has 0 N–H and O–H groups in total. The Labute approximate surface area is 290 Å². The molecule has 2 amide bonds. The van der Waals surface area contributed by atoms with Crippen LogP contribution in [0.15, 0.2) is 65.1 Å². The molecule has 11 heteroatoms. The number of rotatable bonds is 6. The van der Waals surface area contributed by atoms with E-state index in [1.807, 2.05) is 26.0 Å². The van der Waals surface area contributed by atoms with E-state index in [-0.39, 0.29) is 44.7 Å². The van der Waals surface area contributed by atoms with Crippen LogP contribution >= 0.6 is 59.4 Å². The summed E-state index contributed by atoms with van der Waals surface area (Å²) in [7, 11) is 0. The van der Waals surface area contributed by atoms with E-state index in [0.29, 0.717) is 61.3 Å². The Morgan fingerprint density at radius 2 is 1.53 bits per heavy atom. The Kier molecular flexibility index (Phi) is 9.04. The molecule has 1 aliphatic carbocycles. The van der Waals surface area contributed by atoms with Crippen molar-refractivity contribution < 1.29 is 23.9 Å². The number of fused-ring (bicyclic) bond motifs is 2. The molecule has 0 spiro atoms. The van der Waals surface area contributed by atoms with Gasteiger partial charge in [-0.3, -0.25) is 19.3 Å². The Hall–Kier alpha value is -2.92. The molecule has 45 heavy (non-hydrogen) atoms. The molecular formula is C34H26Br3ClN2O5. The van der Waals surface area contributed by atoms with Crippen molar-refractivity contribution in [2.45, 2.75) is 36.3 Å². The largest absolute Gasteiger partial charge is 0.454 e. The zero-order chi connectivity index (χ0) is 32.2. The molecule has 4 aromatic rings. The summed E-state index contributed by atoms with van der Waals surface area (Å²) in [6.07, 6.45) is 1.18. The fourth-order valence-electron chi connectivity index (χ4n) is 5.94. The van der Waals surface area contributed by atoms with Crippen LogP contribution < -0.4 is 4.90 Å². The van der Waals surface area contributed by atoms with Crippen molar-refractivity contribution in [1.29, 1.82) is 0 Å². The SMILES string of the molecule is Cc1ccc(C(=O)COC(=O)c2cc(-c3ccc(N4C(=O)C5CC(Br)C(Br)CC5C4=O)cc3)nc3c(C)c(Cl)c(Br)cc23)cc1. The van der Waals surface area contributed by atoms with Gasteiger partial charge in [0, 0.05) is 30.6 Å². The van der Waals surface area contributed by atoms with Gasteiger partial charge >= 0.3 is 5.97 Å². The lowest BCUT2D eigenvalue weighted by molar-refractivity contribution is -0.122. The average Bonchev–Trinajstić information content (AvgIpc) is 3.26. The number of nitrogens with zero attached hydrogens (tertiary/aromatic N) is 2. The smallest absolute Gasteiger partial charge is 0.339 e. The summed E-state index contributed by atoms with van der Waals surface area (Å²) in [5.41, 5.74) is 4.46. The number of pyridine rings is 1. The maximum absolute atomic E-state index is 13.5. The third-order valence-corrected chi connectivity index (χ3v) is 12.6. The summed E-state index contributed by atoms with van der Waals surface area (Å²) in [5.74, 6) is -2.08. The minimum Gasteiger partial charge on any atom is -0.454 e. The quantitative estimate of drug-likeness (QED) is 0.0841. The molecule has 4 atom stereocenters. The second-order valence-electron chi connectivity index (χ2n) is 11.4. The van der Waals surface area contributed by atoms with Crippen LogP contribution in [-0.2, 0) is 14.3 Å². The van der Waals surface area contributed by atoms with E-state index < -0.39 is 12.6 Å². The zero-order valence-corrected chi connectivity index (χ0v) is 29.7. The Morgan fingerprint density at radius 3 is 2.13 bits per heavy atom. The van der Waals surface area contributed by atoms with Crippen LogP contribution in [0.2, 0.25) is 5.02 Å². The van der Waals surface area contributed by atoms with Gasteiger partial charge in [0.15, 0.2) is 12.4 Å². The first-order valence-corrected chi connectivity index (χ1v) is 17.3. The van der Waals surface area contributed by atoms with Crippen molar-refractivity contribution in [2.24, 2.45) is 11.8 Å². The van der Waals surface area contributed by atoms with E-state index in [1.165, 1.54) is 4.90 Å². The number of aryl methyl sites for hydroxylation is 2. The molecule has 2 heterocycles. The van der Waals surface area contributed by atoms with Crippen LogP contribution in [0.4, 0.5) is 5.69 Å². The van der Waals surface area contributed by atoms with Crippen molar-refractivity contribution in [2.75, 3.05) is 11.5 Å². The van der Waals surface area contributed by atoms with Gasteiger partial charge in [0.1, 0.15) is 0 Å². The first-order chi connectivity index (χ1) is 21.4. The molecule has 3 aromatic carbocycles. The van der Waals surface area contributed by atoms with E-state index in [1.54, 1.807) is 48.5 Å². The van der Waals surface area contributed by atoms with Crippen LogP contribution in [0.5, 0.6) is 0 Å². The van der Waals surface area contributed by atoms with Crippen molar-refractivity contribution in [1.82, 2.24) is 4.98 Å². The number of hydrogen-bond acceptors (Lipinski definition) is 6. The minimum atomic E-state index is -0.680. The van der Waals surface area contributed by atoms with Gasteiger partial charge in [0.2, 0.25) is 11.8 Å². The first kappa shape index (κ1) is 32.0. The van der Waals surface area contributed by atoms with Gasteiger partial charge in [0.25, 0.3) is 0 Å². The lowest BCUT2D eigenvalue weighted by Gasteiger charge is -2.29. The number of imide groups is 1. The number of amides is 2. The molecule has 7 nitrogen and oxygen atoms in total. The van der Waals surface area contributed by atoms with Gasteiger partial charge in [-0.15, -0.1) is 0 Å². The predicted molar refractivity (Wildman–Crippen MR) is 185 cm³/mol. The van der Waals surface area contributed by atoms with Gasteiger partial charge in [-0.1, -0.05) is 85.4 Å². The number of ether oxygens (including phenoxy) is 1. The number of aromatic nitrogens is 1. The fourth-order valence-corrected chi connectivity index (χ4v) is 7.85. The standard InChI is InChI=1S/C34H26Br3ClN2O5/c1-16-3-5-19(6-4-16)29(41)15-45-34(44)24-14-28(39-31-17(2)30(38)27(37)11-21(24)31)18-7-9-20(10-8-18)40-32(42)22-12-25(35)26(36)13-23(22)33(40)43/h3-11,14,22-23,25-26H,12-13,15H2,1-2H3. The Bertz CT molecular complexity index is 1850. The Balaban J connectivity index is 1.32. The lowest BCUT2D eigenvalue weighted by atomic mass is 9.81. The predicted octanol–water partition coefficient (Wildman–Crippen LogP) is 8.40. The molecule has 230 valence electrons.